The number of rotatable bonds is 4. The number of alkyl halides is 1. The highest BCUT2D eigenvalue weighted by atomic mass is 35.5. The van der Waals surface area contributed by atoms with Gasteiger partial charge in [-0.25, -0.2) is 4.98 Å². The highest BCUT2D eigenvalue weighted by Gasteiger charge is 2.31. The van der Waals surface area contributed by atoms with Gasteiger partial charge in [0.15, 0.2) is 0 Å². The third-order valence-corrected chi connectivity index (χ3v) is 4.00. The van der Waals surface area contributed by atoms with Crippen molar-refractivity contribution < 1.29 is 9.59 Å². The highest BCUT2D eigenvalue weighted by molar-refractivity contribution is 7.09. The van der Waals surface area contributed by atoms with E-state index in [1.807, 2.05) is 12.3 Å². The molecule has 0 radical (unpaired) electrons. The van der Waals surface area contributed by atoms with E-state index < -0.39 is 11.8 Å². The average Bonchev–Trinajstić information content (AvgIpc) is 2.83. The molecule has 0 bridgehead atoms. The van der Waals surface area contributed by atoms with Crippen molar-refractivity contribution in [2.75, 3.05) is 19.6 Å². The minimum absolute atomic E-state index is 0.368. The molecule has 98 valence electrons. The van der Waals surface area contributed by atoms with E-state index in [9.17, 15) is 9.59 Å². The number of hydrogen-bond acceptors (Lipinski definition) is 4. The van der Waals surface area contributed by atoms with E-state index in [1.54, 1.807) is 9.80 Å². The monoisotopic (exact) mass is 287 g/mol. The van der Waals surface area contributed by atoms with Crippen LogP contribution in [-0.2, 0) is 22.0 Å². The quantitative estimate of drug-likeness (QED) is 0.615. The van der Waals surface area contributed by atoms with Gasteiger partial charge in [0.05, 0.1) is 18.1 Å². The number of amides is 2. The molecule has 0 N–H and O–H groups in total. The van der Waals surface area contributed by atoms with Crippen LogP contribution in [0.2, 0.25) is 0 Å². The predicted octanol–water partition coefficient (Wildman–Crippen LogP) is 1.07. The number of carbonyl (C=O) groups excluding carboxylic acids is 2. The van der Waals surface area contributed by atoms with Crippen LogP contribution in [0.5, 0.6) is 0 Å². The Labute approximate surface area is 114 Å². The number of halogens is 1. The number of likely N-dealkylation sites (N-methyl/N-ethyl adjacent to an activating group) is 1. The van der Waals surface area contributed by atoms with E-state index in [0.717, 1.165) is 10.7 Å². The molecule has 1 aliphatic rings. The fourth-order valence-corrected chi connectivity index (χ4v) is 2.85. The van der Waals surface area contributed by atoms with Crippen molar-refractivity contribution in [2.24, 2.45) is 0 Å². The summed E-state index contributed by atoms with van der Waals surface area (Å²) in [5.41, 5.74) is 0.808. The van der Waals surface area contributed by atoms with Crippen molar-refractivity contribution in [1.29, 1.82) is 0 Å². The van der Waals surface area contributed by atoms with Gasteiger partial charge >= 0.3 is 11.8 Å². The number of hydrogen-bond donors (Lipinski definition) is 0. The van der Waals surface area contributed by atoms with Crippen LogP contribution in [0.1, 0.15) is 17.6 Å². The van der Waals surface area contributed by atoms with Gasteiger partial charge in [0.1, 0.15) is 5.01 Å². The Bertz CT molecular complexity index is 463. The van der Waals surface area contributed by atoms with Gasteiger partial charge in [-0.15, -0.1) is 22.9 Å². The average molecular weight is 288 g/mol. The van der Waals surface area contributed by atoms with Crippen molar-refractivity contribution in [2.45, 2.75) is 19.3 Å². The van der Waals surface area contributed by atoms with E-state index in [-0.39, 0.29) is 0 Å². The second-order valence-electron chi connectivity index (χ2n) is 3.98. The summed E-state index contributed by atoms with van der Waals surface area (Å²) in [7, 11) is 0. The first-order valence-electron chi connectivity index (χ1n) is 5.73. The van der Waals surface area contributed by atoms with Crippen LogP contribution < -0.4 is 0 Å². The van der Waals surface area contributed by atoms with Crippen molar-refractivity contribution in [1.82, 2.24) is 14.8 Å². The standard InChI is InChI=1S/C11H14ClN3O2S/c1-2-14-3-4-15(11(17)10(14)16)6-9-13-8(5-12)7-18-9/h7H,2-6H2,1H3. The molecule has 7 heteroatoms. The topological polar surface area (TPSA) is 53.5 Å². The zero-order valence-corrected chi connectivity index (χ0v) is 11.6. The van der Waals surface area contributed by atoms with Gasteiger partial charge in [0.2, 0.25) is 0 Å². The largest absolute Gasteiger partial charge is 0.333 e. The Hall–Kier alpha value is -1.14. The van der Waals surface area contributed by atoms with E-state index >= 15 is 0 Å². The van der Waals surface area contributed by atoms with Gasteiger partial charge in [0, 0.05) is 25.0 Å². The molecular formula is C11H14ClN3O2S. The van der Waals surface area contributed by atoms with Crippen molar-refractivity contribution in [3.05, 3.63) is 16.1 Å². The van der Waals surface area contributed by atoms with Crippen molar-refractivity contribution in [3.63, 3.8) is 0 Å². The molecule has 0 atom stereocenters. The maximum Gasteiger partial charge on any atom is 0.312 e. The van der Waals surface area contributed by atoms with E-state index in [2.05, 4.69) is 4.98 Å². The fourth-order valence-electron chi connectivity index (χ4n) is 1.81. The minimum Gasteiger partial charge on any atom is -0.333 e. The molecule has 1 aromatic rings. The second kappa shape index (κ2) is 5.67. The van der Waals surface area contributed by atoms with E-state index in [0.29, 0.717) is 32.1 Å². The van der Waals surface area contributed by atoms with Crippen LogP contribution in [0.4, 0.5) is 0 Å². The van der Waals surface area contributed by atoms with Crippen LogP contribution in [-0.4, -0.2) is 46.2 Å². The third kappa shape index (κ3) is 2.64. The number of aromatic nitrogens is 1. The zero-order valence-electron chi connectivity index (χ0n) is 10.1. The van der Waals surface area contributed by atoms with Gasteiger partial charge in [0.25, 0.3) is 0 Å². The number of thiazole rings is 1. The lowest BCUT2D eigenvalue weighted by Crippen LogP contribution is -2.53. The van der Waals surface area contributed by atoms with Crippen LogP contribution in [0.3, 0.4) is 0 Å². The van der Waals surface area contributed by atoms with Crippen molar-refractivity contribution >= 4 is 34.8 Å². The first-order chi connectivity index (χ1) is 8.65. The molecule has 0 saturated carbocycles. The first kappa shape index (κ1) is 13.3. The molecule has 2 amide bonds. The summed E-state index contributed by atoms with van der Waals surface area (Å²) in [6.45, 7) is 3.99. The molecule has 0 unspecified atom stereocenters. The summed E-state index contributed by atoms with van der Waals surface area (Å²) in [4.78, 5) is 31.0. The SMILES string of the molecule is CCN1CCN(Cc2nc(CCl)cs2)C(=O)C1=O. The number of carbonyl (C=O) groups is 2. The van der Waals surface area contributed by atoms with Crippen LogP contribution >= 0.6 is 22.9 Å². The predicted molar refractivity (Wildman–Crippen MR) is 69.3 cm³/mol. The lowest BCUT2D eigenvalue weighted by atomic mass is 10.3. The Morgan fingerprint density at radius 3 is 2.61 bits per heavy atom. The summed E-state index contributed by atoms with van der Waals surface area (Å²) in [6, 6.07) is 0. The Morgan fingerprint density at radius 2 is 2.00 bits per heavy atom. The summed E-state index contributed by atoms with van der Waals surface area (Å²) >= 11 is 7.14. The molecule has 18 heavy (non-hydrogen) atoms. The van der Waals surface area contributed by atoms with Gasteiger partial charge in [-0.3, -0.25) is 9.59 Å². The molecule has 2 rings (SSSR count). The molecule has 1 fully saturated rings. The van der Waals surface area contributed by atoms with Gasteiger partial charge in [-0.1, -0.05) is 0 Å². The van der Waals surface area contributed by atoms with Crippen LogP contribution in [0.15, 0.2) is 5.38 Å². The minimum atomic E-state index is -0.439. The summed E-state index contributed by atoms with van der Waals surface area (Å²) < 4.78 is 0. The lowest BCUT2D eigenvalue weighted by Gasteiger charge is -2.32. The van der Waals surface area contributed by atoms with Crippen molar-refractivity contribution in [3.8, 4) is 0 Å². The molecule has 2 heterocycles. The molecule has 0 aliphatic carbocycles. The van der Waals surface area contributed by atoms with E-state index in [4.69, 9.17) is 11.6 Å². The highest BCUT2D eigenvalue weighted by Crippen LogP contribution is 2.15. The Balaban J connectivity index is 2.02. The number of nitrogens with zero attached hydrogens (tertiary/aromatic N) is 3. The molecule has 5 nitrogen and oxygen atoms in total. The molecule has 1 aromatic heterocycles. The number of piperazine rings is 1. The Morgan fingerprint density at radius 1 is 1.33 bits per heavy atom. The molecule has 0 aromatic carbocycles. The summed E-state index contributed by atoms with van der Waals surface area (Å²) in [5.74, 6) is -0.490. The zero-order chi connectivity index (χ0) is 13.1. The molecule has 0 spiro atoms. The molecule has 1 saturated heterocycles. The van der Waals surface area contributed by atoms with Crippen LogP contribution in [0.25, 0.3) is 0 Å². The van der Waals surface area contributed by atoms with Gasteiger partial charge in [-0.05, 0) is 6.92 Å². The third-order valence-electron chi connectivity index (χ3n) is 2.84. The molecular weight excluding hydrogens is 274 g/mol. The fraction of sp³-hybridized carbons (Fsp3) is 0.545. The maximum atomic E-state index is 11.9. The normalized spacial score (nSPS) is 16.6. The van der Waals surface area contributed by atoms with Gasteiger partial charge < -0.3 is 9.80 Å². The second-order valence-corrected chi connectivity index (χ2v) is 5.19. The molecule has 1 aliphatic heterocycles. The summed E-state index contributed by atoms with van der Waals surface area (Å²) in [5, 5.41) is 2.69. The van der Waals surface area contributed by atoms with E-state index in [1.165, 1.54) is 11.3 Å². The Kier molecular flexibility index (Phi) is 4.19. The lowest BCUT2D eigenvalue weighted by molar-refractivity contribution is -0.156. The smallest absolute Gasteiger partial charge is 0.312 e. The first-order valence-corrected chi connectivity index (χ1v) is 7.14. The maximum absolute atomic E-state index is 11.9. The van der Waals surface area contributed by atoms with Gasteiger partial charge in [-0.2, -0.15) is 0 Å². The summed E-state index contributed by atoms with van der Waals surface area (Å²) in [6.07, 6.45) is 0. The van der Waals surface area contributed by atoms with Crippen LogP contribution in [0, 0.1) is 0 Å².